The molecule has 0 spiro atoms. The lowest BCUT2D eigenvalue weighted by molar-refractivity contribution is 0.0114. The normalized spacial score (nSPS) is 20.6. The van der Waals surface area contributed by atoms with Gasteiger partial charge in [-0.1, -0.05) is 43.3 Å². The van der Waals surface area contributed by atoms with E-state index in [4.69, 9.17) is 9.73 Å². The lowest BCUT2D eigenvalue weighted by atomic mass is 9.81. The predicted octanol–water partition coefficient (Wildman–Crippen LogP) is 4.29. The standard InChI is InChI=1S/C24H30N2O2/c1-4-18-9-5-8-12-21(18)26-15-13-24(27,14-16-26)20-11-7-6-10-19(20)22-25-23(2,3)17-28-22/h5-12,27H,4,13-17H2,1-3H3. The Hall–Kier alpha value is -2.33. The number of para-hydroxylation sites is 1. The van der Waals surface area contributed by atoms with Crippen LogP contribution < -0.4 is 4.90 Å². The van der Waals surface area contributed by atoms with Gasteiger partial charge >= 0.3 is 0 Å². The maximum atomic E-state index is 11.6. The molecule has 2 aliphatic heterocycles. The molecule has 28 heavy (non-hydrogen) atoms. The third-order valence-corrected chi connectivity index (χ3v) is 5.93. The maximum Gasteiger partial charge on any atom is 0.217 e. The Bertz CT molecular complexity index is 880. The zero-order valence-corrected chi connectivity index (χ0v) is 17.1. The fourth-order valence-corrected chi connectivity index (χ4v) is 4.30. The number of rotatable bonds is 4. The van der Waals surface area contributed by atoms with Crippen molar-refractivity contribution in [2.45, 2.75) is 51.2 Å². The van der Waals surface area contributed by atoms with Crippen molar-refractivity contribution >= 4 is 11.6 Å². The molecule has 2 aromatic rings. The Kier molecular flexibility index (Phi) is 4.92. The number of hydrogen-bond acceptors (Lipinski definition) is 4. The summed E-state index contributed by atoms with van der Waals surface area (Å²) in [7, 11) is 0. The summed E-state index contributed by atoms with van der Waals surface area (Å²) in [5.74, 6) is 0.660. The first-order chi connectivity index (χ1) is 13.4. The van der Waals surface area contributed by atoms with Gasteiger partial charge in [-0.3, -0.25) is 0 Å². The van der Waals surface area contributed by atoms with Gasteiger partial charge in [0.15, 0.2) is 0 Å². The van der Waals surface area contributed by atoms with E-state index < -0.39 is 5.60 Å². The first kappa shape index (κ1) is 19.0. The summed E-state index contributed by atoms with van der Waals surface area (Å²) in [5.41, 5.74) is 3.47. The minimum atomic E-state index is -0.854. The molecular formula is C24H30N2O2. The molecule has 4 rings (SSSR count). The molecule has 0 amide bonds. The van der Waals surface area contributed by atoms with Crippen LogP contribution in [0.25, 0.3) is 0 Å². The second-order valence-corrected chi connectivity index (χ2v) is 8.56. The van der Waals surface area contributed by atoms with E-state index in [1.54, 1.807) is 0 Å². The lowest BCUT2D eigenvalue weighted by Gasteiger charge is -2.41. The molecule has 0 atom stereocenters. The van der Waals surface area contributed by atoms with Crippen molar-refractivity contribution in [3.8, 4) is 0 Å². The van der Waals surface area contributed by atoms with E-state index in [-0.39, 0.29) is 5.54 Å². The fraction of sp³-hybridized carbons (Fsp3) is 0.458. The van der Waals surface area contributed by atoms with E-state index in [0.29, 0.717) is 25.3 Å². The summed E-state index contributed by atoms with van der Waals surface area (Å²) >= 11 is 0. The number of nitrogens with zero attached hydrogens (tertiary/aromatic N) is 2. The van der Waals surface area contributed by atoms with Gasteiger partial charge in [-0.15, -0.1) is 0 Å². The summed E-state index contributed by atoms with van der Waals surface area (Å²) in [6, 6.07) is 16.6. The zero-order valence-electron chi connectivity index (χ0n) is 17.1. The summed E-state index contributed by atoms with van der Waals surface area (Å²) < 4.78 is 5.88. The Morgan fingerprint density at radius 3 is 2.39 bits per heavy atom. The average Bonchev–Trinajstić information content (AvgIpc) is 3.08. The number of piperidine rings is 1. The summed E-state index contributed by atoms with van der Waals surface area (Å²) in [5, 5.41) is 11.6. The van der Waals surface area contributed by atoms with E-state index in [0.717, 1.165) is 30.6 Å². The van der Waals surface area contributed by atoms with Crippen molar-refractivity contribution in [2.24, 2.45) is 4.99 Å². The molecule has 2 aromatic carbocycles. The number of benzene rings is 2. The Morgan fingerprint density at radius 1 is 1.04 bits per heavy atom. The van der Waals surface area contributed by atoms with Gasteiger partial charge in [0.25, 0.3) is 0 Å². The second kappa shape index (κ2) is 7.25. The SMILES string of the molecule is CCc1ccccc1N1CCC(O)(c2ccccc2C2=NC(C)(C)CO2)CC1. The van der Waals surface area contributed by atoms with Crippen LogP contribution in [0.5, 0.6) is 0 Å². The smallest absolute Gasteiger partial charge is 0.217 e. The van der Waals surface area contributed by atoms with E-state index in [9.17, 15) is 5.11 Å². The van der Waals surface area contributed by atoms with E-state index in [1.165, 1.54) is 11.3 Å². The van der Waals surface area contributed by atoms with Gasteiger partial charge in [-0.25, -0.2) is 4.99 Å². The van der Waals surface area contributed by atoms with Gasteiger partial charge in [-0.05, 0) is 56.4 Å². The van der Waals surface area contributed by atoms with Crippen LogP contribution in [0.3, 0.4) is 0 Å². The molecule has 2 heterocycles. The molecule has 0 radical (unpaired) electrons. The summed E-state index contributed by atoms with van der Waals surface area (Å²) in [4.78, 5) is 7.14. The van der Waals surface area contributed by atoms with Gasteiger partial charge < -0.3 is 14.7 Å². The molecule has 148 valence electrons. The third-order valence-electron chi connectivity index (χ3n) is 5.93. The molecule has 0 aliphatic carbocycles. The van der Waals surface area contributed by atoms with Gasteiger partial charge in [0, 0.05) is 24.3 Å². The average molecular weight is 379 g/mol. The van der Waals surface area contributed by atoms with Crippen LogP contribution in [0.4, 0.5) is 5.69 Å². The Labute approximate surface area is 167 Å². The van der Waals surface area contributed by atoms with Crippen LogP contribution in [0.2, 0.25) is 0 Å². The first-order valence-electron chi connectivity index (χ1n) is 10.3. The molecule has 1 saturated heterocycles. The quantitative estimate of drug-likeness (QED) is 0.863. The number of aliphatic imine (C=N–C) groups is 1. The highest BCUT2D eigenvalue weighted by molar-refractivity contribution is 5.97. The van der Waals surface area contributed by atoms with E-state index in [2.05, 4.69) is 49.9 Å². The molecule has 4 heteroatoms. The number of anilines is 1. The predicted molar refractivity (Wildman–Crippen MR) is 114 cm³/mol. The number of ether oxygens (including phenoxy) is 1. The highest BCUT2D eigenvalue weighted by Gasteiger charge is 2.38. The summed E-state index contributed by atoms with van der Waals surface area (Å²) in [6.07, 6.45) is 2.41. The van der Waals surface area contributed by atoms with E-state index >= 15 is 0 Å². The Morgan fingerprint density at radius 2 is 1.71 bits per heavy atom. The zero-order chi connectivity index (χ0) is 19.8. The lowest BCUT2D eigenvalue weighted by Crippen LogP contribution is -2.43. The number of hydrogen-bond donors (Lipinski definition) is 1. The second-order valence-electron chi connectivity index (χ2n) is 8.56. The van der Waals surface area contributed by atoms with Crippen molar-refractivity contribution in [1.29, 1.82) is 0 Å². The fourth-order valence-electron chi connectivity index (χ4n) is 4.30. The van der Waals surface area contributed by atoms with Crippen LogP contribution in [0.1, 0.15) is 50.3 Å². The van der Waals surface area contributed by atoms with Crippen LogP contribution in [0.15, 0.2) is 53.5 Å². The Balaban J connectivity index is 1.59. The van der Waals surface area contributed by atoms with Crippen molar-refractivity contribution < 1.29 is 9.84 Å². The maximum absolute atomic E-state index is 11.6. The van der Waals surface area contributed by atoms with Crippen LogP contribution >= 0.6 is 0 Å². The third kappa shape index (κ3) is 3.53. The molecule has 0 aromatic heterocycles. The molecule has 4 nitrogen and oxygen atoms in total. The largest absolute Gasteiger partial charge is 0.475 e. The van der Waals surface area contributed by atoms with Crippen molar-refractivity contribution in [1.82, 2.24) is 0 Å². The van der Waals surface area contributed by atoms with Crippen molar-refractivity contribution in [2.75, 3.05) is 24.6 Å². The first-order valence-corrected chi connectivity index (χ1v) is 10.3. The topological polar surface area (TPSA) is 45.1 Å². The van der Waals surface area contributed by atoms with Crippen LogP contribution in [-0.4, -0.2) is 36.2 Å². The molecule has 2 aliphatic rings. The van der Waals surface area contributed by atoms with E-state index in [1.807, 2.05) is 24.3 Å². The minimum Gasteiger partial charge on any atom is -0.475 e. The van der Waals surface area contributed by atoms with Gasteiger partial charge in [0.05, 0.1) is 11.1 Å². The van der Waals surface area contributed by atoms with Crippen LogP contribution in [0, 0.1) is 0 Å². The monoisotopic (exact) mass is 378 g/mol. The number of aryl methyl sites for hydroxylation is 1. The highest BCUT2D eigenvalue weighted by Crippen LogP contribution is 2.38. The van der Waals surface area contributed by atoms with Gasteiger partial charge in [-0.2, -0.15) is 0 Å². The van der Waals surface area contributed by atoms with Crippen molar-refractivity contribution in [3.63, 3.8) is 0 Å². The number of aliphatic hydroxyl groups is 1. The highest BCUT2D eigenvalue weighted by atomic mass is 16.5. The van der Waals surface area contributed by atoms with Gasteiger partial charge in [0.1, 0.15) is 6.61 Å². The summed E-state index contributed by atoms with van der Waals surface area (Å²) in [6.45, 7) is 8.58. The molecule has 1 N–H and O–H groups in total. The molecular weight excluding hydrogens is 348 g/mol. The molecule has 0 bridgehead atoms. The molecule has 0 saturated carbocycles. The van der Waals surface area contributed by atoms with Gasteiger partial charge in [0.2, 0.25) is 5.90 Å². The van der Waals surface area contributed by atoms with Crippen molar-refractivity contribution in [3.05, 3.63) is 65.2 Å². The molecule has 1 fully saturated rings. The molecule has 0 unspecified atom stereocenters. The minimum absolute atomic E-state index is 0.210. The van der Waals surface area contributed by atoms with Crippen LogP contribution in [-0.2, 0) is 16.8 Å².